The van der Waals surface area contributed by atoms with Crippen molar-refractivity contribution < 1.29 is 13.2 Å². The van der Waals surface area contributed by atoms with Gasteiger partial charge in [0.1, 0.15) is 11.6 Å². The largest absolute Gasteiger partial charge is 0.475 e. The van der Waals surface area contributed by atoms with Crippen LogP contribution in [0.4, 0.5) is 0 Å². The first-order valence-electron chi connectivity index (χ1n) is 8.28. The van der Waals surface area contributed by atoms with Crippen LogP contribution < -0.4 is 15.4 Å². The molecule has 9 heteroatoms. The molecule has 0 bridgehead atoms. The van der Waals surface area contributed by atoms with Crippen LogP contribution in [-0.4, -0.2) is 45.8 Å². The predicted octanol–water partition coefficient (Wildman–Crippen LogP) is 2.19. The van der Waals surface area contributed by atoms with E-state index in [4.69, 9.17) is 16.3 Å². The molecule has 0 aliphatic heterocycles. The number of nitrogens with zero attached hydrogens (tertiary/aromatic N) is 2. The minimum atomic E-state index is -3.21. The lowest BCUT2D eigenvalue weighted by atomic mass is 10.1. The summed E-state index contributed by atoms with van der Waals surface area (Å²) >= 11 is 5.98. The van der Waals surface area contributed by atoms with E-state index >= 15 is 0 Å². The van der Waals surface area contributed by atoms with Gasteiger partial charge in [-0.05, 0) is 36.2 Å². The van der Waals surface area contributed by atoms with Crippen LogP contribution in [0.1, 0.15) is 11.1 Å². The monoisotopic (exact) mass is 410 g/mol. The van der Waals surface area contributed by atoms with Crippen molar-refractivity contribution in [3.8, 4) is 5.88 Å². The number of guanidine groups is 1. The van der Waals surface area contributed by atoms with E-state index < -0.39 is 9.84 Å². The quantitative estimate of drug-likeness (QED) is 0.413. The van der Waals surface area contributed by atoms with Crippen LogP contribution in [0.5, 0.6) is 5.88 Å². The SMILES string of the molecule is CN=C(NCCOc1ncccc1Cl)NCc1ccc(S(C)(=O)=O)c(C)c1. The summed E-state index contributed by atoms with van der Waals surface area (Å²) in [6.07, 6.45) is 2.82. The number of halogens is 1. The molecule has 146 valence electrons. The summed E-state index contributed by atoms with van der Waals surface area (Å²) in [4.78, 5) is 8.55. The van der Waals surface area contributed by atoms with Crippen molar-refractivity contribution >= 4 is 27.4 Å². The van der Waals surface area contributed by atoms with Crippen LogP contribution >= 0.6 is 11.6 Å². The number of sulfone groups is 1. The summed E-state index contributed by atoms with van der Waals surface area (Å²) in [6.45, 7) is 3.18. The minimum Gasteiger partial charge on any atom is -0.475 e. The molecule has 27 heavy (non-hydrogen) atoms. The highest BCUT2D eigenvalue weighted by atomic mass is 35.5. The lowest BCUT2D eigenvalue weighted by molar-refractivity contribution is 0.310. The Morgan fingerprint density at radius 2 is 2.07 bits per heavy atom. The minimum absolute atomic E-state index is 0.346. The summed E-state index contributed by atoms with van der Waals surface area (Å²) in [7, 11) is -1.54. The maximum atomic E-state index is 11.7. The second-order valence-corrected chi connectivity index (χ2v) is 8.25. The number of aromatic nitrogens is 1. The molecule has 0 fully saturated rings. The Labute approximate surface area is 164 Å². The van der Waals surface area contributed by atoms with Gasteiger partial charge in [0.2, 0.25) is 5.88 Å². The van der Waals surface area contributed by atoms with Crippen LogP contribution in [0.2, 0.25) is 5.02 Å². The van der Waals surface area contributed by atoms with E-state index in [0.717, 1.165) is 11.1 Å². The molecular formula is C18H23ClN4O3S. The third-order valence-electron chi connectivity index (χ3n) is 3.68. The van der Waals surface area contributed by atoms with E-state index in [-0.39, 0.29) is 0 Å². The fourth-order valence-electron chi connectivity index (χ4n) is 2.44. The molecule has 1 aromatic carbocycles. The summed E-state index contributed by atoms with van der Waals surface area (Å²) in [5.41, 5.74) is 1.68. The van der Waals surface area contributed by atoms with E-state index in [9.17, 15) is 8.42 Å². The smallest absolute Gasteiger partial charge is 0.232 e. The number of ether oxygens (including phenoxy) is 1. The Bertz CT molecular complexity index is 917. The zero-order valence-corrected chi connectivity index (χ0v) is 17.1. The first-order valence-corrected chi connectivity index (χ1v) is 10.6. The van der Waals surface area contributed by atoms with E-state index in [0.29, 0.717) is 41.5 Å². The summed E-state index contributed by atoms with van der Waals surface area (Å²) in [6, 6.07) is 8.72. The molecule has 0 aliphatic carbocycles. The fourth-order valence-corrected chi connectivity index (χ4v) is 3.57. The maximum absolute atomic E-state index is 11.7. The molecule has 0 saturated carbocycles. The molecule has 0 radical (unpaired) electrons. The van der Waals surface area contributed by atoms with Crippen molar-refractivity contribution in [2.75, 3.05) is 26.5 Å². The number of rotatable bonds is 7. The molecule has 7 nitrogen and oxygen atoms in total. The van der Waals surface area contributed by atoms with Crippen LogP contribution in [0.15, 0.2) is 46.4 Å². The topological polar surface area (TPSA) is 92.7 Å². The Morgan fingerprint density at radius 3 is 2.70 bits per heavy atom. The van der Waals surface area contributed by atoms with Gasteiger partial charge >= 0.3 is 0 Å². The van der Waals surface area contributed by atoms with Gasteiger partial charge in [-0.25, -0.2) is 13.4 Å². The molecule has 0 aliphatic rings. The molecule has 0 atom stereocenters. The van der Waals surface area contributed by atoms with Crippen molar-refractivity contribution in [1.29, 1.82) is 0 Å². The van der Waals surface area contributed by atoms with Crippen LogP contribution in [0, 0.1) is 6.92 Å². The summed E-state index contributed by atoms with van der Waals surface area (Å²) in [5, 5.41) is 6.77. The number of nitrogens with one attached hydrogen (secondary N) is 2. The molecule has 0 unspecified atom stereocenters. The van der Waals surface area contributed by atoms with Gasteiger partial charge in [0.25, 0.3) is 0 Å². The first kappa shape index (κ1) is 21.0. The van der Waals surface area contributed by atoms with Crippen molar-refractivity contribution in [2.24, 2.45) is 4.99 Å². The molecule has 0 amide bonds. The van der Waals surface area contributed by atoms with Gasteiger partial charge in [0, 0.05) is 26.0 Å². The number of hydrogen-bond acceptors (Lipinski definition) is 5. The van der Waals surface area contributed by atoms with E-state index in [1.54, 1.807) is 44.4 Å². The highest BCUT2D eigenvalue weighted by Gasteiger charge is 2.11. The Morgan fingerprint density at radius 1 is 1.30 bits per heavy atom. The predicted molar refractivity (Wildman–Crippen MR) is 107 cm³/mol. The molecule has 2 aromatic rings. The number of aryl methyl sites for hydroxylation is 1. The Kier molecular flexibility index (Phi) is 7.44. The second kappa shape index (κ2) is 9.57. The Balaban J connectivity index is 1.82. The van der Waals surface area contributed by atoms with Gasteiger partial charge < -0.3 is 15.4 Å². The lowest BCUT2D eigenvalue weighted by Gasteiger charge is -2.13. The highest BCUT2D eigenvalue weighted by molar-refractivity contribution is 7.90. The summed E-state index contributed by atoms with van der Waals surface area (Å²) in [5.74, 6) is 1.00. The molecule has 2 N–H and O–H groups in total. The first-order chi connectivity index (χ1) is 12.8. The fraction of sp³-hybridized carbons (Fsp3) is 0.333. The van der Waals surface area contributed by atoms with Gasteiger partial charge in [-0.2, -0.15) is 0 Å². The highest BCUT2D eigenvalue weighted by Crippen LogP contribution is 2.19. The van der Waals surface area contributed by atoms with Crippen molar-refractivity contribution in [3.05, 3.63) is 52.7 Å². The van der Waals surface area contributed by atoms with Crippen molar-refractivity contribution in [3.63, 3.8) is 0 Å². The number of hydrogen-bond donors (Lipinski definition) is 2. The van der Waals surface area contributed by atoms with Gasteiger partial charge in [-0.3, -0.25) is 4.99 Å². The lowest BCUT2D eigenvalue weighted by Crippen LogP contribution is -2.38. The second-order valence-electron chi connectivity index (χ2n) is 5.86. The third-order valence-corrected chi connectivity index (χ3v) is 5.23. The maximum Gasteiger partial charge on any atom is 0.232 e. The average Bonchev–Trinajstić information content (AvgIpc) is 2.61. The third kappa shape index (κ3) is 6.41. The molecular weight excluding hydrogens is 388 g/mol. The zero-order chi connectivity index (χ0) is 19.9. The van der Waals surface area contributed by atoms with Crippen LogP contribution in [0.3, 0.4) is 0 Å². The van der Waals surface area contributed by atoms with Gasteiger partial charge in [0.05, 0.1) is 11.4 Å². The zero-order valence-electron chi connectivity index (χ0n) is 15.5. The van der Waals surface area contributed by atoms with Crippen molar-refractivity contribution in [2.45, 2.75) is 18.4 Å². The number of benzene rings is 1. The van der Waals surface area contributed by atoms with Gasteiger partial charge in [-0.1, -0.05) is 23.7 Å². The molecule has 1 heterocycles. The number of pyridine rings is 1. The molecule has 0 saturated heterocycles. The molecule has 0 spiro atoms. The van der Waals surface area contributed by atoms with E-state index in [1.165, 1.54) is 6.26 Å². The summed E-state index contributed by atoms with van der Waals surface area (Å²) < 4.78 is 28.9. The van der Waals surface area contributed by atoms with E-state index in [1.807, 2.05) is 6.07 Å². The molecule has 1 aromatic heterocycles. The van der Waals surface area contributed by atoms with Gasteiger partial charge in [-0.15, -0.1) is 0 Å². The standard InChI is InChI=1S/C18H23ClN4O3S/c1-13-11-14(6-7-16(13)27(3,24)25)12-23-18(20-2)22-9-10-26-17-15(19)5-4-8-21-17/h4-8,11H,9-10,12H2,1-3H3,(H2,20,22,23). The van der Waals surface area contributed by atoms with Gasteiger partial charge in [0.15, 0.2) is 15.8 Å². The normalized spacial score (nSPS) is 11.9. The van der Waals surface area contributed by atoms with E-state index in [2.05, 4.69) is 20.6 Å². The number of aliphatic imine (C=N–C) groups is 1. The van der Waals surface area contributed by atoms with Crippen LogP contribution in [0.25, 0.3) is 0 Å². The van der Waals surface area contributed by atoms with Crippen molar-refractivity contribution in [1.82, 2.24) is 15.6 Å². The average molecular weight is 411 g/mol. The Hall–Kier alpha value is -2.32. The van der Waals surface area contributed by atoms with Crippen LogP contribution in [-0.2, 0) is 16.4 Å². The molecule has 2 rings (SSSR count).